The second kappa shape index (κ2) is 13.6. The Morgan fingerprint density at radius 1 is 0.316 bits per heavy atom. The van der Waals surface area contributed by atoms with Crippen molar-refractivity contribution in [3.8, 4) is 62.0 Å². The van der Waals surface area contributed by atoms with Crippen LogP contribution in [0.1, 0.15) is 0 Å². The molecular formula is C53H34N4. The normalized spacial score (nSPS) is 11.5. The summed E-state index contributed by atoms with van der Waals surface area (Å²) in [5.41, 5.74) is 13.7. The van der Waals surface area contributed by atoms with Crippen LogP contribution in [-0.2, 0) is 0 Å². The zero-order valence-electron chi connectivity index (χ0n) is 30.9. The fourth-order valence-electron chi connectivity index (χ4n) is 8.30. The van der Waals surface area contributed by atoms with Crippen molar-refractivity contribution in [3.63, 3.8) is 0 Å². The Morgan fingerprint density at radius 2 is 0.860 bits per heavy atom. The summed E-state index contributed by atoms with van der Waals surface area (Å²) in [7, 11) is 0. The Morgan fingerprint density at radius 3 is 1.56 bits per heavy atom. The number of hydrogen-bond acceptors (Lipinski definition) is 3. The lowest BCUT2D eigenvalue weighted by molar-refractivity contribution is 1.18. The Balaban J connectivity index is 1.10. The molecule has 11 rings (SSSR count). The summed E-state index contributed by atoms with van der Waals surface area (Å²) in [4.78, 5) is 15.4. The van der Waals surface area contributed by atoms with Gasteiger partial charge >= 0.3 is 0 Å². The molecule has 4 nitrogen and oxygen atoms in total. The maximum Gasteiger partial charge on any atom is 0.160 e. The highest BCUT2D eigenvalue weighted by Crippen LogP contribution is 2.43. The molecule has 0 bridgehead atoms. The van der Waals surface area contributed by atoms with Gasteiger partial charge in [0.15, 0.2) is 5.82 Å². The summed E-state index contributed by atoms with van der Waals surface area (Å²) in [6.45, 7) is 0. The lowest BCUT2D eigenvalue weighted by Gasteiger charge is -2.12. The third-order valence-corrected chi connectivity index (χ3v) is 11.0. The minimum absolute atomic E-state index is 0.710. The summed E-state index contributed by atoms with van der Waals surface area (Å²) in [5.74, 6) is 0.710. The molecule has 0 saturated heterocycles. The van der Waals surface area contributed by atoms with Gasteiger partial charge in [-0.15, -0.1) is 0 Å². The van der Waals surface area contributed by atoms with Crippen LogP contribution in [0, 0.1) is 0 Å². The molecule has 266 valence electrons. The average molecular weight is 727 g/mol. The van der Waals surface area contributed by atoms with Crippen molar-refractivity contribution in [1.29, 1.82) is 0 Å². The number of aromatic nitrogens is 4. The quantitative estimate of drug-likeness (QED) is 0.160. The number of pyridine rings is 1. The smallest absolute Gasteiger partial charge is 0.160 e. The van der Waals surface area contributed by atoms with Crippen molar-refractivity contribution >= 4 is 43.5 Å². The second-order valence-corrected chi connectivity index (χ2v) is 14.4. The Bertz CT molecular complexity index is 3190. The fraction of sp³-hybridized carbons (Fsp3) is 0. The molecule has 4 heteroatoms. The maximum absolute atomic E-state index is 5.34. The number of para-hydroxylation sites is 2. The van der Waals surface area contributed by atoms with Gasteiger partial charge in [0.05, 0.1) is 33.6 Å². The minimum atomic E-state index is 0.710. The highest BCUT2D eigenvalue weighted by atomic mass is 15.0. The zero-order valence-corrected chi connectivity index (χ0v) is 30.9. The van der Waals surface area contributed by atoms with E-state index >= 15 is 0 Å². The van der Waals surface area contributed by atoms with Gasteiger partial charge in [0.25, 0.3) is 0 Å². The molecule has 0 N–H and O–H groups in total. The first kappa shape index (κ1) is 32.7. The van der Waals surface area contributed by atoms with Crippen LogP contribution in [-0.4, -0.2) is 19.5 Å². The van der Waals surface area contributed by atoms with E-state index in [0.717, 1.165) is 78.1 Å². The van der Waals surface area contributed by atoms with Crippen LogP contribution in [0.25, 0.3) is 105 Å². The summed E-state index contributed by atoms with van der Waals surface area (Å²) in [6, 6.07) is 72.6. The van der Waals surface area contributed by atoms with Crippen molar-refractivity contribution < 1.29 is 0 Å². The molecule has 11 aromatic rings. The molecule has 3 aromatic heterocycles. The first-order valence-electron chi connectivity index (χ1n) is 19.3. The zero-order chi connectivity index (χ0) is 37.7. The fourth-order valence-corrected chi connectivity index (χ4v) is 8.30. The average Bonchev–Trinajstić information content (AvgIpc) is 3.63. The first-order chi connectivity index (χ1) is 28.3. The van der Waals surface area contributed by atoms with Crippen molar-refractivity contribution in [2.24, 2.45) is 0 Å². The third-order valence-electron chi connectivity index (χ3n) is 11.0. The predicted octanol–water partition coefficient (Wildman–Crippen LogP) is 13.6. The van der Waals surface area contributed by atoms with Gasteiger partial charge in [0, 0.05) is 49.5 Å². The van der Waals surface area contributed by atoms with E-state index in [-0.39, 0.29) is 0 Å². The van der Waals surface area contributed by atoms with Gasteiger partial charge in [-0.2, -0.15) is 0 Å². The SMILES string of the molecule is c1ccc(-c2cc(-c3ccc(-c4ccc5c6c7c(-c8ccccc8)nc8ccccc8c7ccc6n(-c6ccccc6)c5c4)cc3)nc(-c3ccccc3)n2)cc1. The number of fused-ring (bicyclic) bond motifs is 7. The van der Waals surface area contributed by atoms with E-state index in [1.54, 1.807) is 0 Å². The summed E-state index contributed by atoms with van der Waals surface area (Å²) < 4.78 is 2.41. The molecule has 0 aliphatic rings. The largest absolute Gasteiger partial charge is 0.309 e. The van der Waals surface area contributed by atoms with Crippen LogP contribution in [0.2, 0.25) is 0 Å². The van der Waals surface area contributed by atoms with Gasteiger partial charge in [-0.3, -0.25) is 0 Å². The third kappa shape index (κ3) is 5.66. The molecule has 0 atom stereocenters. The minimum Gasteiger partial charge on any atom is -0.309 e. The summed E-state index contributed by atoms with van der Waals surface area (Å²) in [6.07, 6.45) is 0. The Kier molecular flexibility index (Phi) is 7.78. The van der Waals surface area contributed by atoms with E-state index in [4.69, 9.17) is 15.0 Å². The van der Waals surface area contributed by atoms with Crippen LogP contribution < -0.4 is 0 Å². The van der Waals surface area contributed by atoms with Crippen LogP contribution >= 0.6 is 0 Å². The van der Waals surface area contributed by atoms with Crippen molar-refractivity contribution in [3.05, 3.63) is 206 Å². The van der Waals surface area contributed by atoms with E-state index < -0.39 is 0 Å². The van der Waals surface area contributed by atoms with Gasteiger partial charge in [0.1, 0.15) is 0 Å². The number of nitrogens with zero attached hydrogens (tertiary/aromatic N) is 4. The highest BCUT2D eigenvalue weighted by Gasteiger charge is 2.20. The van der Waals surface area contributed by atoms with Crippen molar-refractivity contribution in [2.75, 3.05) is 0 Å². The molecule has 3 heterocycles. The predicted molar refractivity (Wildman–Crippen MR) is 236 cm³/mol. The van der Waals surface area contributed by atoms with Crippen molar-refractivity contribution in [1.82, 2.24) is 19.5 Å². The molecule has 0 radical (unpaired) electrons. The molecule has 0 spiro atoms. The van der Waals surface area contributed by atoms with E-state index in [0.29, 0.717) is 5.82 Å². The van der Waals surface area contributed by atoms with Gasteiger partial charge < -0.3 is 4.57 Å². The maximum atomic E-state index is 5.34. The summed E-state index contributed by atoms with van der Waals surface area (Å²) in [5, 5.41) is 5.93. The lowest BCUT2D eigenvalue weighted by Crippen LogP contribution is -1.96. The Hall–Kier alpha value is -7.69. The second-order valence-electron chi connectivity index (χ2n) is 14.4. The number of benzene rings is 8. The molecule has 0 aliphatic carbocycles. The first-order valence-corrected chi connectivity index (χ1v) is 19.3. The van der Waals surface area contributed by atoms with E-state index in [1.807, 2.05) is 36.4 Å². The molecular weight excluding hydrogens is 693 g/mol. The molecule has 0 aliphatic heterocycles. The molecule has 0 saturated carbocycles. The van der Waals surface area contributed by atoms with E-state index in [9.17, 15) is 0 Å². The number of rotatable bonds is 6. The van der Waals surface area contributed by atoms with Crippen LogP contribution in [0.15, 0.2) is 206 Å². The molecule has 0 amide bonds. The lowest BCUT2D eigenvalue weighted by atomic mass is 9.95. The van der Waals surface area contributed by atoms with Gasteiger partial charge in [-0.25, -0.2) is 15.0 Å². The molecule has 0 unspecified atom stereocenters. The highest BCUT2D eigenvalue weighted by molar-refractivity contribution is 6.28. The van der Waals surface area contributed by atoms with Gasteiger partial charge in [-0.05, 0) is 52.9 Å². The van der Waals surface area contributed by atoms with E-state index in [2.05, 4.69) is 174 Å². The standard InChI is InChI=1S/C53H34N4/c1-5-15-36(16-6-1)46-34-47(56-53(55-46)39-19-9-3-10-20-39)37-27-25-35(26-28-37)40-29-30-44-49(33-40)57(41-21-11-4-12-22-41)48-32-31-43-42-23-13-14-24-45(42)54-52(51(43)50(44)48)38-17-7-2-8-18-38/h1-34H. The van der Waals surface area contributed by atoms with Crippen molar-refractivity contribution in [2.45, 2.75) is 0 Å². The molecule has 57 heavy (non-hydrogen) atoms. The molecule has 8 aromatic carbocycles. The van der Waals surface area contributed by atoms with Crippen LogP contribution in [0.3, 0.4) is 0 Å². The van der Waals surface area contributed by atoms with Crippen LogP contribution in [0.4, 0.5) is 0 Å². The van der Waals surface area contributed by atoms with Crippen LogP contribution in [0.5, 0.6) is 0 Å². The van der Waals surface area contributed by atoms with E-state index in [1.165, 1.54) is 21.5 Å². The monoisotopic (exact) mass is 726 g/mol. The summed E-state index contributed by atoms with van der Waals surface area (Å²) >= 11 is 0. The topological polar surface area (TPSA) is 43.6 Å². The number of hydrogen-bond donors (Lipinski definition) is 0. The molecule has 0 fully saturated rings. The Labute approximate surface area is 330 Å². The van der Waals surface area contributed by atoms with Gasteiger partial charge in [-0.1, -0.05) is 170 Å². The van der Waals surface area contributed by atoms with Gasteiger partial charge in [0.2, 0.25) is 0 Å².